The van der Waals surface area contributed by atoms with Gasteiger partial charge in [-0.3, -0.25) is 0 Å². The van der Waals surface area contributed by atoms with Crippen molar-refractivity contribution < 1.29 is 9.90 Å². The molecule has 1 aromatic rings. The molecule has 1 heterocycles. The molecule has 0 saturated carbocycles. The fourth-order valence-electron chi connectivity index (χ4n) is 0.400. The molecule has 0 aliphatic heterocycles. The van der Waals surface area contributed by atoms with E-state index in [2.05, 4.69) is 0 Å². The van der Waals surface area contributed by atoms with Gasteiger partial charge in [0.1, 0.15) is 0 Å². The molecule has 0 fully saturated rings. The predicted octanol–water partition coefficient (Wildman–Crippen LogP) is 0.442. The summed E-state index contributed by atoms with van der Waals surface area (Å²) in [7, 11) is 0. The van der Waals surface area contributed by atoms with E-state index in [0.717, 1.165) is 0 Å². The zero-order chi connectivity index (χ0) is 5.98. The predicted molar refractivity (Wildman–Crippen MR) is 30.3 cm³/mol. The Morgan fingerprint density at radius 1 is 1.75 bits per heavy atom. The molecule has 0 atom stereocenters. The summed E-state index contributed by atoms with van der Waals surface area (Å²) in [6.45, 7) is 0. The third kappa shape index (κ3) is 0.997. The molecule has 1 aromatic heterocycles. The Labute approximate surface area is 52.5 Å². The Bertz CT molecular complexity index is 178. The summed E-state index contributed by atoms with van der Waals surface area (Å²) in [6, 6.07) is 3.42. The van der Waals surface area contributed by atoms with Crippen LogP contribution in [0.4, 0.5) is 0 Å². The van der Waals surface area contributed by atoms with Gasteiger partial charge < -0.3 is 0 Å². The molecule has 8 heavy (non-hydrogen) atoms. The van der Waals surface area contributed by atoms with E-state index in [1.807, 2.05) is 4.94 Å². The first-order valence-corrected chi connectivity index (χ1v) is 3.92. The Morgan fingerprint density at radius 2 is 2.50 bits per heavy atom. The number of aromatic carboxylic acids is 1. The molecule has 0 bridgehead atoms. The maximum absolute atomic E-state index is 10.1. The van der Waals surface area contributed by atoms with Gasteiger partial charge in [-0.15, -0.1) is 0 Å². The molecule has 0 aromatic carbocycles. The molecular weight excluding hydrogens is 171 g/mol. The number of hydrogen-bond donors (Lipinski definition) is 1. The fourth-order valence-corrected chi connectivity index (χ4v) is 1.58. The molecule has 1 N–H and O–H groups in total. The van der Waals surface area contributed by atoms with E-state index in [1.54, 1.807) is 12.1 Å². The summed E-state index contributed by atoms with van der Waals surface area (Å²) in [4.78, 5) is 12.0. The van der Waals surface area contributed by atoms with Crippen molar-refractivity contribution in [2.24, 2.45) is 0 Å². The van der Waals surface area contributed by atoms with E-state index < -0.39 is 5.97 Å². The Balaban J connectivity index is 2.93. The van der Waals surface area contributed by atoms with Gasteiger partial charge in [0.05, 0.1) is 0 Å². The van der Waals surface area contributed by atoms with E-state index in [9.17, 15) is 4.79 Å². The first-order valence-electron chi connectivity index (χ1n) is 2.07. The van der Waals surface area contributed by atoms with Crippen LogP contribution in [0.25, 0.3) is 0 Å². The van der Waals surface area contributed by atoms with Crippen LogP contribution >= 0.6 is 0 Å². The number of carbonyl (C=O) groups is 1. The molecule has 0 radical (unpaired) electrons. The van der Waals surface area contributed by atoms with Crippen LogP contribution in [0.15, 0.2) is 17.1 Å². The van der Waals surface area contributed by atoms with E-state index in [-0.39, 0.29) is 14.5 Å². The van der Waals surface area contributed by atoms with Crippen molar-refractivity contribution in [3.8, 4) is 0 Å². The third-order valence-electron chi connectivity index (χ3n) is 0.732. The zero-order valence-electron chi connectivity index (χ0n) is 4.00. The van der Waals surface area contributed by atoms with Crippen molar-refractivity contribution in [1.82, 2.24) is 0 Å². The monoisotopic (exact) mass is 176 g/mol. The second-order valence-electron chi connectivity index (χ2n) is 1.28. The molecule has 42 valence electrons. The van der Waals surface area contributed by atoms with E-state index in [1.165, 1.54) is 0 Å². The molecular formula is C5H4O2Se. The van der Waals surface area contributed by atoms with E-state index in [4.69, 9.17) is 5.11 Å². The second kappa shape index (κ2) is 2.16. The zero-order valence-corrected chi connectivity index (χ0v) is 5.71. The van der Waals surface area contributed by atoms with Crippen molar-refractivity contribution in [3.63, 3.8) is 0 Å². The second-order valence-corrected chi connectivity index (χ2v) is 3.27. The van der Waals surface area contributed by atoms with Crippen LogP contribution in [-0.4, -0.2) is 25.6 Å². The standard InChI is InChI=1S/C5H4O2Se/c6-5(7)4-2-1-3-8-4/h1-3H,(H,6,7). The summed E-state index contributed by atoms with van der Waals surface area (Å²) in [5, 5.41) is 8.32. The van der Waals surface area contributed by atoms with Gasteiger partial charge in [0, 0.05) is 0 Å². The molecule has 0 unspecified atom stereocenters. The average Bonchev–Trinajstić information content (AvgIpc) is 2.12. The van der Waals surface area contributed by atoms with Gasteiger partial charge in [-0.2, -0.15) is 0 Å². The Hall–Kier alpha value is -0.531. The van der Waals surface area contributed by atoms with Crippen LogP contribution in [0.1, 0.15) is 9.23 Å². The van der Waals surface area contributed by atoms with Crippen LogP contribution < -0.4 is 0 Å². The summed E-state index contributed by atoms with van der Waals surface area (Å²) in [5.41, 5.74) is 0. The van der Waals surface area contributed by atoms with Gasteiger partial charge in [-0.1, -0.05) is 0 Å². The van der Waals surface area contributed by atoms with Gasteiger partial charge in [0.25, 0.3) is 0 Å². The van der Waals surface area contributed by atoms with Crippen LogP contribution in [0.2, 0.25) is 0 Å². The van der Waals surface area contributed by atoms with Crippen LogP contribution in [0, 0.1) is 0 Å². The SMILES string of the molecule is O=C(O)c1ccc[se]1. The number of hydrogen-bond acceptors (Lipinski definition) is 1. The van der Waals surface area contributed by atoms with Crippen LogP contribution in [0.3, 0.4) is 0 Å². The van der Waals surface area contributed by atoms with Crippen molar-refractivity contribution in [2.45, 2.75) is 0 Å². The van der Waals surface area contributed by atoms with Gasteiger partial charge in [-0.25, -0.2) is 0 Å². The van der Waals surface area contributed by atoms with Crippen LogP contribution in [-0.2, 0) is 0 Å². The molecule has 0 saturated heterocycles. The summed E-state index contributed by atoms with van der Waals surface area (Å²) in [5.74, 6) is -0.782. The minimum atomic E-state index is -0.782. The summed E-state index contributed by atoms with van der Waals surface area (Å²) in [6.07, 6.45) is 0. The Kier molecular flexibility index (Phi) is 1.51. The minimum absolute atomic E-state index is 0.0891. The molecule has 3 heteroatoms. The van der Waals surface area contributed by atoms with Gasteiger partial charge >= 0.3 is 51.9 Å². The quantitative estimate of drug-likeness (QED) is 0.629. The first-order chi connectivity index (χ1) is 3.80. The normalized spacial score (nSPS) is 9.00. The molecule has 0 amide bonds. The van der Waals surface area contributed by atoms with Gasteiger partial charge in [-0.05, 0) is 0 Å². The summed E-state index contributed by atoms with van der Waals surface area (Å²) < 4.78 is 0.539. The van der Waals surface area contributed by atoms with E-state index >= 15 is 0 Å². The molecule has 0 spiro atoms. The number of carboxylic acids is 1. The number of carboxylic acid groups (broad SMARTS) is 1. The van der Waals surface area contributed by atoms with Crippen molar-refractivity contribution in [1.29, 1.82) is 0 Å². The van der Waals surface area contributed by atoms with E-state index in [0.29, 0.717) is 4.44 Å². The summed E-state index contributed by atoms with van der Waals surface area (Å²) >= 11 is 0.0891. The van der Waals surface area contributed by atoms with Gasteiger partial charge in [0.2, 0.25) is 0 Å². The molecule has 2 nitrogen and oxygen atoms in total. The molecule has 0 aliphatic rings. The average molecular weight is 175 g/mol. The topological polar surface area (TPSA) is 37.3 Å². The first kappa shape index (κ1) is 5.60. The molecule has 0 aliphatic carbocycles. The Morgan fingerprint density at radius 3 is 2.75 bits per heavy atom. The molecule has 1 rings (SSSR count). The van der Waals surface area contributed by atoms with Crippen molar-refractivity contribution in [3.05, 3.63) is 21.5 Å². The van der Waals surface area contributed by atoms with Gasteiger partial charge in [0.15, 0.2) is 0 Å². The fraction of sp³-hybridized carbons (Fsp3) is 0. The van der Waals surface area contributed by atoms with Crippen molar-refractivity contribution >= 4 is 20.5 Å². The van der Waals surface area contributed by atoms with Crippen LogP contribution in [0.5, 0.6) is 0 Å². The third-order valence-corrected chi connectivity index (χ3v) is 2.53. The van der Waals surface area contributed by atoms with Crippen molar-refractivity contribution in [2.75, 3.05) is 0 Å². The number of rotatable bonds is 1. The maximum atomic E-state index is 10.1.